The molecule has 1 aliphatic heterocycles. The average molecular weight is 436 g/mol. The molecule has 3 aromatic rings. The molecule has 0 bridgehead atoms. The predicted molar refractivity (Wildman–Crippen MR) is 123 cm³/mol. The largest absolute Gasteiger partial charge is 0.382 e. The highest BCUT2D eigenvalue weighted by atomic mass is 19.1. The molecule has 4 rings (SSSR count). The van der Waals surface area contributed by atoms with E-state index in [-0.39, 0.29) is 5.82 Å². The zero-order chi connectivity index (χ0) is 22.7. The monoisotopic (exact) mass is 435 g/mol. The van der Waals surface area contributed by atoms with Gasteiger partial charge in [-0.2, -0.15) is 0 Å². The Kier molecular flexibility index (Phi) is 6.77. The normalized spacial score (nSPS) is 15.9. The molecule has 32 heavy (non-hydrogen) atoms. The number of nitrogens with zero attached hydrogens (tertiary/aromatic N) is 5. The molecule has 1 fully saturated rings. The van der Waals surface area contributed by atoms with E-state index < -0.39 is 6.10 Å². The summed E-state index contributed by atoms with van der Waals surface area (Å²) in [6, 6.07) is 8.57. The number of anilines is 1. The van der Waals surface area contributed by atoms with Gasteiger partial charge in [-0.05, 0) is 24.6 Å². The molecule has 1 saturated heterocycles. The van der Waals surface area contributed by atoms with Crippen LogP contribution in [0.5, 0.6) is 0 Å². The van der Waals surface area contributed by atoms with E-state index in [1.54, 1.807) is 24.4 Å². The maximum Gasteiger partial charge on any atom is 0.146 e. The molecule has 168 valence electrons. The van der Waals surface area contributed by atoms with Crippen LogP contribution in [-0.2, 0) is 6.54 Å². The van der Waals surface area contributed by atoms with Gasteiger partial charge in [0.2, 0.25) is 0 Å². The summed E-state index contributed by atoms with van der Waals surface area (Å²) in [4.78, 5) is 17.6. The molecule has 1 unspecified atom stereocenters. The number of pyridine rings is 1. The Hall–Kier alpha value is -2.90. The predicted octanol–water partition coefficient (Wildman–Crippen LogP) is 3.85. The van der Waals surface area contributed by atoms with Crippen molar-refractivity contribution >= 4 is 5.69 Å². The van der Waals surface area contributed by atoms with Gasteiger partial charge in [0.1, 0.15) is 17.7 Å². The molecule has 7 heteroatoms. The Morgan fingerprint density at radius 1 is 0.969 bits per heavy atom. The van der Waals surface area contributed by atoms with Crippen molar-refractivity contribution in [3.05, 3.63) is 82.9 Å². The molecular weight excluding hydrogens is 405 g/mol. The fraction of sp³-hybridized carbons (Fsp3) is 0.400. The first-order chi connectivity index (χ1) is 15.4. The molecule has 0 saturated carbocycles. The van der Waals surface area contributed by atoms with Crippen molar-refractivity contribution in [1.82, 2.24) is 19.9 Å². The molecule has 0 aliphatic carbocycles. The van der Waals surface area contributed by atoms with Crippen LogP contribution in [0.25, 0.3) is 0 Å². The summed E-state index contributed by atoms with van der Waals surface area (Å²) in [5, 5.41) is 10.9. The Balaban J connectivity index is 1.46. The molecule has 1 aromatic carbocycles. The van der Waals surface area contributed by atoms with Crippen LogP contribution < -0.4 is 4.90 Å². The fourth-order valence-electron chi connectivity index (χ4n) is 4.02. The van der Waals surface area contributed by atoms with E-state index in [1.165, 1.54) is 6.07 Å². The molecule has 1 atom stereocenters. The van der Waals surface area contributed by atoms with Crippen molar-refractivity contribution in [2.45, 2.75) is 39.3 Å². The van der Waals surface area contributed by atoms with Crippen molar-refractivity contribution in [1.29, 1.82) is 0 Å². The topological polar surface area (TPSA) is 65.4 Å². The highest BCUT2D eigenvalue weighted by Crippen LogP contribution is 2.33. The van der Waals surface area contributed by atoms with Gasteiger partial charge in [-0.1, -0.05) is 32.0 Å². The maximum absolute atomic E-state index is 14.9. The number of para-hydroxylation sites is 1. The summed E-state index contributed by atoms with van der Waals surface area (Å²) in [5.74, 6) is 0.847. The third-order valence-electron chi connectivity index (χ3n) is 5.86. The summed E-state index contributed by atoms with van der Waals surface area (Å²) in [7, 11) is 0. The third kappa shape index (κ3) is 4.95. The van der Waals surface area contributed by atoms with Crippen molar-refractivity contribution in [3.63, 3.8) is 0 Å². The lowest BCUT2D eigenvalue weighted by Gasteiger charge is -2.37. The van der Waals surface area contributed by atoms with Gasteiger partial charge in [0, 0.05) is 68.4 Å². The van der Waals surface area contributed by atoms with Crippen LogP contribution in [0.2, 0.25) is 0 Å². The Morgan fingerprint density at radius 3 is 2.31 bits per heavy atom. The van der Waals surface area contributed by atoms with Gasteiger partial charge in [0.05, 0.1) is 11.4 Å². The zero-order valence-electron chi connectivity index (χ0n) is 18.9. The van der Waals surface area contributed by atoms with Gasteiger partial charge >= 0.3 is 0 Å². The molecule has 3 heterocycles. The first-order valence-corrected chi connectivity index (χ1v) is 11.1. The lowest BCUT2D eigenvalue weighted by atomic mass is 10.0. The maximum atomic E-state index is 14.9. The fourth-order valence-corrected chi connectivity index (χ4v) is 4.02. The number of aromatic nitrogens is 3. The second-order valence-corrected chi connectivity index (χ2v) is 8.71. The zero-order valence-corrected chi connectivity index (χ0v) is 18.9. The third-order valence-corrected chi connectivity index (χ3v) is 5.86. The number of halogens is 1. The van der Waals surface area contributed by atoms with E-state index in [2.05, 4.69) is 33.7 Å². The van der Waals surface area contributed by atoms with Gasteiger partial charge < -0.3 is 10.0 Å². The first kappa shape index (κ1) is 22.3. The summed E-state index contributed by atoms with van der Waals surface area (Å²) >= 11 is 0. The molecule has 6 nitrogen and oxygen atoms in total. The first-order valence-electron chi connectivity index (χ1n) is 11.1. The summed E-state index contributed by atoms with van der Waals surface area (Å²) < 4.78 is 14.9. The van der Waals surface area contributed by atoms with Crippen LogP contribution in [-0.4, -0.2) is 51.1 Å². The molecule has 0 radical (unpaired) electrons. The molecule has 1 N–H and O–H groups in total. The average Bonchev–Trinajstić information content (AvgIpc) is 2.80. The number of hydrogen-bond donors (Lipinski definition) is 1. The van der Waals surface area contributed by atoms with E-state index in [4.69, 9.17) is 0 Å². The lowest BCUT2D eigenvalue weighted by molar-refractivity contribution is 0.213. The van der Waals surface area contributed by atoms with Gasteiger partial charge in [0.15, 0.2) is 0 Å². The summed E-state index contributed by atoms with van der Waals surface area (Å²) in [5.41, 5.74) is 3.63. The second kappa shape index (κ2) is 9.71. The lowest BCUT2D eigenvalue weighted by Crippen LogP contribution is -2.46. The Labute approximate surface area is 188 Å². The van der Waals surface area contributed by atoms with E-state index in [1.807, 2.05) is 30.3 Å². The Bertz CT molecular complexity index is 1030. The number of aliphatic hydroxyl groups is 1. The van der Waals surface area contributed by atoms with Crippen molar-refractivity contribution in [2.24, 2.45) is 0 Å². The van der Waals surface area contributed by atoms with Crippen molar-refractivity contribution in [3.8, 4) is 0 Å². The summed E-state index contributed by atoms with van der Waals surface area (Å²) in [6.45, 7) is 9.80. The number of piperazine rings is 1. The van der Waals surface area contributed by atoms with Gasteiger partial charge in [0.25, 0.3) is 0 Å². The van der Waals surface area contributed by atoms with Crippen LogP contribution >= 0.6 is 0 Å². The minimum Gasteiger partial charge on any atom is -0.382 e. The number of hydrogen-bond acceptors (Lipinski definition) is 6. The standard InChI is InChI=1S/C25H30FN5O/c1-17(2)25-28-14-19(15-29-25)16-30-9-11-31(12-10-30)23-20(5-4-6-21(23)26)24(32)22-8-7-18(3)13-27-22/h4-8,13-15,17,24,32H,9-12,16H2,1-3H3. The number of benzene rings is 1. The van der Waals surface area contributed by atoms with Crippen molar-refractivity contribution < 1.29 is 9.50 Å². The Morgan fingerprint density at radius 2 is 1.69 bits per heavy atom. The van der Waals surface area contributed by atoms with Crippen LogP contribution in [0, 0.1) is 12.7 Å². The number of aryl methyl sites for hydroxylation is 1. The van der Waals surface area contributed by atoms with Crippen LogP contribution in [0.3, 0.4) is 0 Å². The van der Waals surface area contributed by atoms with Crippen LogP contribution in [0.1, 0.15) is 54.1 Å². The van der Waals surface area contributed by atoms with E-state index in [0.717, 1.165) is 36.6 Å². The number of aliphatic hydroxyl groups excluding tert-OH is 1. The van der Waals surface area contributed by atoms with E-state index in [9.17, 15) is 9.50 Å². The minimum absolute atomic E-state index is 0.313. The van der Waals surface area contributed by atoms with Crippen LogP contribution in [0.4, 0.5) is 10.1 Å². The highest BCUT2D eigenvalue weighted by Gasteiger charge is 2.26. The minimum atomic E-state index is -0.976. The van der Waals surface area contributed by atoms with Gasteiger partial charge in [-0.15, -0.1) is 0 Å². The van der Waals surface area contributed by atoms with Gasteiger partial charge in [-0.25, -0.2) is 14.4 Å². The smallest absolute Gasteiger partial charge is 0.146 e. The molecule has 1 aliphatic rings. The SMILES string of the molecule is Cc1ccc(C(O)c2cccc(F)c2N2CCN(Cc3cnc(C(C)C)nc3)CC2)nc1. The molecule has 0 spiro atoms. The number of rotatable bonds is 6. The summed E-state index contributed by atoms with van der Waals surface area (Å²) in [6.07, 6.45) is 4.53. The second-order valence-electron chi connectivity index (χ2n) is 8.71. The van der Waals surface area contributed by atoms with E-state index >= 15 is 0 Å². The van der Waals surface area contributed by atoms with Gasteiger partial charge in [-0.3, -0.25) is 9.88 Å². The molecule has 0 amide bonds. The molecule has 2 aromatic heterocycles. The van der Waals surface area contributed by atoms with Crippen LogP contribution in [0.15, 0.2) is 48.9 Å². The highest BCUT2D eigenvalue weighted by molar-refractivity contribution is 5.57. The molecular formula is C25H30FN5O. The quantitative estimate of drug-likeness (QED) is 0.635. The van der Waals surface area contributed by atoms with E-state index in [0.29, 0.717) is 36.0 Å². The van der Waals surface area contributed by atoms with Crippen molar-refractivity contribution in [2.75, 3.05) is 31.1 Å².